The van der Waals surface area contributed by atoms with Crippen molar-refractivity contribution in [2.75, 3.05) is 4.90 Å². The van der Waals surface area contributed by atoms with Crippen LogP contribution in [0.1, 0.15) is 47.5 Å². The van der Waals surface area contributed by atoms with Gasteiger partial charge in [0.05, 0.1) is 0 Å². The molecule has 0 heterocycles. The molecule has 1 aliphatic carbocycles. The summed E-state index contributed by atoms with van der Waals surface area (Å²) in [4.78, 5) is 2.31. The van der Waals surface area contributed by atoms with E-state index in [4.69, 9.17) is 0 Å². The van der Waals surface area contributed by atoms with E-state index in [2.05, 4.69) is 160 Å². The molecule has 0 spiro atoms. The van der Waals surface area contributed by atoms with E-state index in [1.165, 1.54) is 33.5 Å². The number of nitrogens with zero attached hydrogens (tertiary/aromatic N) is 1. The first-order valence-corrected chi connectivity index (χ1v) is 13.4. The lowest BCUT2D eigenvalue weighted by Gasteiger charge is -2.25. The molecule has 1 aliphatic rings. The largest absolute Gasteiger partial charge is 0.318 e. The first-order valence-electron chi connectivity index (χ1n) is 13.4. The summed E-state index contributed by atoms with van der Waals surface area (Å²) in [6, 6.07) is 19.4. The van der Waals surface area contributed by atoms with E-state index in [0.29, 0.717) is 0 Å². The fraction of sp³-hybridized carbons (Fsp3) is 0.222. The molecule has 37 heavy (non-hydrogen) atoms. The summed E-state index contributed by atoms with van der Waals surface area (Å²) in [5, 5.41) is 0. The zero-order chi connectivity index (χ0) is 26.5. The monoisotopic (exact) mass is 487 g/mol. The Kier molecular flexibility index (Phi) is 11.0. The van der Waals surface area contributed by atoms with Crippen molar-refractivity contribution in [2.24, 2.45) is 5.92 Å². The smallest absolute Gasteiger partial charge is 0.0455 e. The van der Waals surface area contributed by atoms with E-state index >= 15 is 0 Å². The van der Waals surface area contributed by atoms with Crippen LogP contribution in [0.5, 0.6) is 0 Å². The molecule has 0 saturated heterocycles. The first-order chi connectivity index (χ1) is 18.1. The van der Waals surface area contributed by atoms with Crippen LogP contribution in [0.3, 0.4) is 0 Å². The predicted octanol–water partition coefficient (Wildman–Crippen LogP) is 10.5. The Hall–Kier alpha value is -3.84. The quantitative estimate of drug-likeness (QED) is 0.301. The standard InChI is InChI=1S/C36H41N/c1-6-9-12-18-30(5)36(35(17-7-2)29(4)8-3)27-28-37(33-21-15-11-16-22-33)34-25-23-32(24-26-34)31-19-13-10-14-20-31/h6-10,12-15,17-28,30H,11,16H2,1-5H3/b9-6-,17-7-,18-12-,28-27+,29-8+,36-35-. The molecule has 2 aromatic carbocycles. The number of benzene rings is 2. The van der Waals surface area contributed by atoms with E-state index < -0.39 is 0 Å². The van der Waals surface area contributed by atoms with Crippen LogP contribution in [0.15, 0.2) is 150 Å². The molecule has 1 unspecified atom stereocenters. The summed E-state index contributed by atoms with van der Waals surface area (Å²) >= 11 is 0. The molecule has 0 amide bonds. The number of allylic oxidation sites excluding steroid dienone is 14. The number of anilines is 1. The van der Waals surface area contributed by atoms with Crippen LogP contribution in [-0.2, 0) is 0 Å². The van der Waals surface area contributed by atoms with Crippen LogP contribution in [0, 0.1) is 5.92 Å². The van der Waals surface area contributed by atoms with Gasteiger partial charge in [0, 0.05) is 17.6 Å². The molecule has 1 nitrogen and oxygen atoms in total. The van der Waals surface area contributed by atoms with E-state index in [-0.39, 0.29) is 5.92 Å². The van der Waals surface area contributed by atoms with Gasteiger partial charge >= 0.3 is 0 Å². The Balaban J connectivity index is 2.08. The zero-order valence-corrected chi connectivity index (χ0v) is 23.1. The molecule has 0 aliphatic heterocycles. The summed E-state index contributed by atoms with van der Waals surface area (Å²) < 4.78 is 0. The molecule has 0 saturated carbocycles. The lowest BCUT2D eigenvalue weighted by atomic mass is 9.90. The highest BCUT2D eigenvalue weighted by Gasteiger charge is 2.13. The van der Waals surface area contributed by atoms with Gasteiger partial charge in [-0.05, 0) is 98.6 Å². The van der Waals surface area contributed by atoms with Gasteiger partial charge in [0.15, 0.2) is 0 Å². The maximum absolute atomic E-state index is 2.33. The third-order valence-electron chi connectivity index (χ3n) is 6.61. The van der Waals surface area contributed by atoms with Gasteiger partial charge in [-0.2, -0.15) is 0 Å². The van der Waals surface area contributed by atoms with Crippen molar-refractivity contribution < 1.29 is 0 Å². The fourth-order valence-corrected chi connectivity index (χ4v) is 4.41. The lowest BCUT2D eigenvalue weighted by molar-refractivity contribution is 0.878. The lowest BCUT2D eigenvalue weighted by Crippen LogP contribution is -2.15. The molecule has 0 aromatic heterocycles. The molecule has 0 N–H and O–H groups in total. The Morgan fingerprint density at radius 2 is 1.57 bits per heavy atom. The van der Waals surface area contributed by atoms with Crippen molar-refractivity contribution in [2.45, 2.75) is 47.5 Å². The zero-order valence-electron chi connectivity index (χ0n) is 23.1. The number of rotatable bonds is 10. The van der Waals surface area contributed by atoms with Gasteiger partial charge in [0.1, 0.15) is 0 Å². The van der Waals surface area contributed by atoms with E-state index in [1.54, 1.807) is 0 Å². The summed E-state index contributed by atoms with van der Waals surface area (Å²) in [5.41, 5.74) is 8.66. The highest BCUT2D eigenvalue weighted by Crippen LogP contribution is 2.30. The van der Waals surface area contributed by atoms with Crippen molar-refractivity contribution in [3.05, 3.63) is 150 Å². The second-order valence-corrected chi connectivity index (χ2v) is 9.25. The van der Waals surface area contributed by atoms with Crippen molar-refractivity contribution in [1.82, 2.24) is 0 Å². The van der Waals surface area contributed by atoms with Gasteiger partial charge in [-0.3, -0.25) is 0 Å². The van der Waals surface area contributed by atoms with Crippen LogP contribution in [0.2, 0.25) is 0 Å². The van der Waals surface area contributed by atoms with Crippen LogP contribution in [0.4, 0.5) is 5.69 Å². The topological polar surface area (TPSA) is 3.24 Å². The van der Waals surface area contributed by atoms with E-state index in [1.807, 2.05) is 6.92 Å². The molecular weight excluding hydrogens is 446 g/mol. The van der Waals surface area contributed by atoms with Gasteiger partial charge < -0.3 is 4.90 Å². The molecular formula is C36H41N. The molecule has 1 atom stereocenters. The third kappa shape index (κ3) is 7.82. The van der Waals surface area contributed by atoms with Crippen molar-refractivity contribution >= 4 is 5.69 Å². The Morgan fingerprint density at radius 1 is 0.838 bits per heavy atom. The minimum atomic E-state index is 0.256. The van der Waals surface area contributed by atoms with Gasteiger partial charge in [-0.25, -0.2) is 0 Å². The van der Waals surface area contributed by atoms with Crippen LogP contribution < -0.4 is 4.90 Å². The second kappa shape index (κ2) is 14.7. The molecule has 3 rings (SSSR count). The number of hydrogen-bond acceptors (Lipinski definition) is 1. The van der Waals surface area contributed by atoms with Gasteiger partial charge in [-0.15, -0.1) is 0 Å². The predicted molar refractivity (Wildman–Crippen MR) is 164 cm³/mol. The van der Waals surface area contributed by atoms with Crippen LogP contribution >= 0.6 is 0 Å². The van der Waals surface area contributed by atoms with Crippen molar-refractivity contribution in [3.8, 4) is 11.1 Å². The van der Waals surface area contributed by atoms with Gasteiger partial charge in [0.2, 0.25) is 0 Å². The summed E-state index contributed by atoms with van der Waals surface area (Å²) in [5.74, 6) is 0.256. The Morgan fingerprint density at radius 3 is 2.19 bits per heavy atom. The minimum absolute atomic E-state index is 0.256. The van der Waals surface area contributed by atoms with Gasteiger partial charge in [-0.1, -0.05) is 104 Å². The van der Waals surface area contributed by atoms with Crippen molar-refractivity contribution in [3.63, 3.8) is 0 Å². The SMILES string of the molecule is C/C=C\C=C/C(C)C(/C=C/N(C1=CCCC=C1)c1ccc(-c2ccccc2)cc1)=C(/C=C\C)C(\C)=C\C. The van der Waals surface area contributed by atoms with E-state index in [0.717, 1.165) is 18.5 Å². The average Bonchev–Trinajstić information content (AvgIpc) is 2.95. The molecule has 190 valence electrons. The third-order valence-corrected chi connectivity index (χ3v) is 6.61. The van der Waals surface area contributed by atoms with Crippen LogP contribution in [-0.4, -0.2) is 0 Å². The maximum atomic E-state index is 2.33. The Labute approximate surface area is 224 Å². The van der Waals surface area contributed by atoms with Crippen molar-refractivity contribution in [1.29, 1.82) is 0 Å². The summed E-state index contributed by atoms with van der Waals surface area (Å²) in [6.45, 7) is 10.7. The number of hydrogen-bond donors (Lipinski definition) is 0. The highest BCUT2D eigenvalue weighted by molar-refractivity contribution is 5.68. The summed E-state index contributed by atoms with van der Waals surface area (Å²) in [6.07, 6.45) is 28.6. The Bertz CT molecular complexity index is 1240. The molecule has 1 heteroatoms. The average molecular weight is 488 g/mol. The van der Waals surface area contributed by atoms with E-state index in [9.17, 15) is 0 Å². The second-order valence-electron chi connectivity index (χ2n) is 9.25. The fourth-order valence-electron chi connectivity index (χ4n) is 4.41. The van der Waals surface area contributed by atoms with Gasteiger partial charge in [0.25, 0.3) is 0 Å². The maximum Gasteiger partial charge on any atom is 0.0455 e. The molecule has 0 fully saturated rings. The summed E-state index contributed by atoms with van der Waals surface area (Å²) in [7, 11) is 0. The highest BCUT2D eigenvalue weighted by atomic mass is 15.1. The first kappa shape index (κ1) is 27.7. The molecule has 2 aromatic rings. The minimum Gasteiger partial charge on any atom is -0.318 e. The molecule has 0 bridgehead atoms. The molecule has 0 radical (unpaired) electrons. The normalized spacial score (nSPS) is 16.1. The van der Waals surface area contributed by atoms with Crippen LogP contribution in [0.25, 0.3) is 11.1 Å².